The van der Waals surface area contributed by atoms with Gasteiger partial charge in [0.1, 0.15) is 23.9 Å². The molecule has 0 unspecified atom stereocenters. The summed E-state index contributed by atoms with van der Waals surface area (Å²) in [4.78, 5) is 78.2. The van der Waals surface area contributed by atoms with Gasteiger partial charge in [0.05, 0.1) is 0 Å². The van der Waals surface area contributed by atoms with Crippen LogP contribution in [0.25, 0.3) is 11.0 Å². The van der Waals surface area contributed by atoms with Gasteiger partial charge < -0.3 is 30.3 Å². The molecular formula is C38H43N5O7. The van der Waals surface area contributed by atoms with E-state index in [4.69, 9.17) is 4.42 Å². The topological polar surface area (TPSA) is 169 Å². The van der Waals surface area contributed by atoms with E-state index in [0.717, 1.165) is 48.3 Å². The molecule has 7 fully saturated rings. The minimum Gasteiger partial charge on any atom is -0.451 e. The number of rotatable bonds is 11. The lowest BCUT2D eigenvalue weighted by Gasteiger charge is -2.72. The van der Waals surface area contributed by atoms with Crippen molar-refractivity contribution in [2.24, 2.45) is 41.4 Å². The molecule has 262 valence electrons. The van der Waals surface area contributed by atoms with Gasteiger partial charge in [-0.05, 0) is 111 Å². The Bertz CT molecular complexity index is 1920. The number of nitrogens with one attached hydrogen (secondary N) is 4. The molecule has 2 aromatic heterocycles. The molecule has 12 heteroatoms. The molecule has 3 aromatic rings. The summed E-state index contributed by atoms with van der Waals surface area (Å²) in [6.07, 6.45) is 8.17. The van der Waals surface area contributed by atoms with Crippen LogP contribution in [0.2, 0.25) is 0 Å². The maximum atomic E-state index is 13.6. The van der Waals surface area contributed by atoms with Gasteiger partial charge in [0.2, 0.25) is 17.6 Å². The largest absolute Gasteiger partial charge is 0.451 e. The number of para-hydroxylation sites is 1. The number of hydrogen-bond donors (Lipinski definition) is 4. The van der Waals surface area contributed by atoms with E-state index in [1.165, 1.54) is 43.1 Å². The molecule has 0 spiro atoms. The molecule has 7 aliphatic rings. The van der Waals surface area contributed by atoms with E-state index in [1.54, 1.807) is 25.1 Å². The van der Waals surface area contributed by atoms with E-state index in [0.29, 0.717) is 28.9 Å². The number of anilines is 1. The minimum absolute atomic E-state index is 0.00817. The Morgan fingerprint density at radius 3 is 2.22 bits per heavy atom. The lowest BCUT2D eigenvalue weighted by molar-refractivity contribution is -0.215. The van der Waals surface area contributed by atoms with Crippen LogP contribution >= 0.6 is 0 Å². The lowest BCUT2D eigenvalue weighted by atomic mass is 9.34. The summed E-state index contributed by atoms with van der Waals surface area (Å²) < 4.78 is 7.04. The smallest absolute Gasteiger partial charge is 0.287 e. The monoisotopic (exact) mass is 681 g/mol. The summed E-state index contributed by atoms with van der Waals surface area (Å²) in [5, 5.41) is 11.6. The number of fused-ring (bicyclic) bond motifs is 1. The van der Waals surface area contributed by atoms with Gasteiger partial charge in [0, 0.05) is 36.2 Å². The van der Waals surface area contributed by atoms with Gasteiger partial charge in [-0.3, -0.25) is 28.8 Å². The quantitative estimate of drug-likeness (QED) is 0.225. The molecule has 4 amide bonds. The number of carbonyl (C=O) groups excluding carboxylic acids is 5. The predicted molar refractivity (Wildman–Crippen MR) is 183 cm³/mol. The van der Waals surface area contributed by atoms with Crippen molar-refractivity contribution in [1.29, 1.82) is 0 Å². The van der Waals surface area contributed by atoms with Gasteiger partial charge in [-0.2, -0.15) is 0 Å². The fourth-order valence-electron chi connectivity index (χ4n) is 10.9. The molecule has 4 N–H and O–H groups in total. The highest BCUT2D eigenvalue weighted by Gasteiger charge is 2.67. The van der Waals surface area contributed by atoms with E-state index < -0.39 is 35.1 Å². The van der Waals surface area contributed by atoms with Crippen LogP contribution in [0.4, 0.5) is 5.69 Å². The molecular weight excluding hydrogens is 638 g/mol. The number of aryl methyl sites for hydroxylation is 1. The summed E-state index contributed by atoms with van der Waals surface area (Å²) in [6.45, 7) is 1.54. The van der Waals surface area contributed by atoms with E-state index in [1.807, 2.05) is 12.1 Å². The van der Waals surface area contributed by atoms with Gasteiger partial charge in [-0.1, -0.05) is 18.2 Å². The molecule has 0 saturated heterocycles. The van der Waals surface area contributed by atoms with Crippen LogP contribution in [0.3, 0.4) is 0 Å². The average Bonchev–Trinajstić information content (AvgIpc) is 3.45. The first-order valence-electron chi connectivity index (χ1n) is 17.9. The molecule has 10 rings (SSSR count). The molecule has 50 heavy (non-hydrogen) atoms. The van der Waals surface area contributed by atoms with Crippen LogP contribution in [-0.4, -0.2) is 52.6 Å². The molecule has 0 aliphatic heterocycles. The minimum atomic E-state index is -1.29. The van der Waals surface area contributed by atoms with E-state index in [-0.39, 0.29) is 42.3 Å². The number of hydrogen-bond acceptors (Lipinski definition) is 7. The normalized spacial score (nSPS) is 30.2. The van der Waals surface area contributed by atoms with Crippen molar-refractivity contribution in [3.63, 3.8) is 0 Å². The summed E-state index contributed by atoms with van der Waals surface area (Å²) in [7, 11) is 1.33. The fraction of sp³-hybridized carbons (Fsp3) is 0.526. The van der Waals surface area contributed by atoms with Crippen LogP contribution in [0.5, 0.6) is 0 Å². The number of aromatic nitrogens is 1. The van der Waals surface area contributed by atoms with E-state index in [9.17, 15) is 28.8 Å². The maximum absolute atomic E-state index is 13.6. The zero-order valence-corrected chi connectivity index (χ0v) is 28.3. The summed E-state index contributed by atoms with van der Waals surface area (Å²) in [6, 6.07) is 8.84. The molecule has 2 heterocycles. The fourth-order valence-corrected chi connectivity index (χ4v) is 10.9. The third-order valence-corrected chi connectivity index (χ3v) is 12.8. The number of furan rings is 1. The van der Waals surface area contributed by atoms with Crippen molar-refractivity contribution in [1.82, 2.24) is 20.5 Å². The van der Waals surface area contributed by atoms with E-state index >= 15 is 0 Å². The van der Waals surface area contributed by atoms with Crippen LogP contribution < -0.4 is 26.8 Å². The Labute approximate surface area is 289 Å². The van der Waals surface area contributed by atoms with Crippen molar-refractivity contribution in [3.8, 4) is 0 Å². The van der Waals surface area contributed by atoms with Crippen molar-refractivity contribution in [3.05, 3.63) is 64.3 Å². The third kappa shape index (κ3) is 5.43. The molecule has 1 atom stereocenters. The van der Waals surface area contributed by atoms with Gasteiger partial charge >= 0.3 is 0 Å². The second-order valence-corrected chi connectivity index (χ2v) is 15.5. The Morgan fingerprint density at radius 1 is 0.920 bits per heavy atom. The zero-order chi connectivity index (χ0) is 34.9. The lowest BCUT2D eigenvalue weighted by Crippen LogP contribution is -2.71. The number of carbonyl (C=O) groups is 5. The van der Waals surface area contributed by atoms with Crippen LogP contribution in [-0.2, 0) is 25.7 Å². The van der Waals surface area contributed by atoms with Crippen LogP contribution in [0, 0.1) is 48.3 Å². The summed E-state index contributed by atoms with van der Waals surface area (Å²) >= 11 is 0. The second kappa shape index (κ2) is 12.2. The molecule has 1 aromatic carbocycles. The number of benzene rings is 1. The number of Topliss-reactive ketones (excluding diaryl/α,β-unsaturated/α-hetero) is 1. The SMILES string of the molecule is CNC(=O)C(=O)CC[C@H](NC(=O)c1oc2ccccc2c1C)C(=O)Nc1cccn(CC(=O)NC23CC4C5CC6CC4C(C2)C(C6)C5C3)c1=O. The molecule has 12 nitrogen and oxygen atoms in total. The van der Waals surface area contributed by atoms with Gasteiger partial charge in [0.15, 0.2) is 5.76 Å². The first-order chi connectivity index (χ1) is 24.0. The highest BCUT2D eigenvalue weighted by molar-refractivity contribution is 6.36. The average molecular weight is 682 g/mol. The number of likely N-dealkylation sites (N-methyl/N-ethyl adjacent to an activating group) is 1. The molecule has 0 radical (unpaired) electrons. The number of amides is 4. The van der Waals surface area contributed by atoms with Gasteiger partial charge in [0.25, 0.3) is 17.4 Å². The van der Waals surface area contributed by atoms with Gasteiger partial charge in [-0.15, -0.1) is 0 Å². The Balaban J connectivity index is 0.958. The first-order valence-corrected chi connectivity index (χ1v) is 17.9. The number of ketones is 1. The number of pyridine rings is 1. The molecule has 7 aliphatic carbocycles. The summed E-state index contributed by atoms with van der Waals surface area (Å²) in [5.41, 5.74) is 0.231. The second-order valence-electron chi connectivity index (χ2n) is 15.5. The zero-order valence-electron chi connectivity index (χ0n) is 28.3. The van der Waals surface area contributed by atoms with Crippen molar-refractivity contribution < 1.29 is 28.4 Å². The van der Waals surface area contributed by atoms with Crippen molar-refractivity contribution >= 4 is 46.1 Å². The third-order valence-electron chi connectivity index (χ3n) is 12.8. The van der Waals surface area contributed by atoms with Gasteiger partial charge in [-0.25, -0.2) is 0 Å². The van der Waals surface area contributed by atoms with Crippen LogP contribution in [0.15, 0.2) is 51.8 Å². The Hall–Kier alpha value is -4.74. The highest BCUT2D eigenvalue weighted by Crippen LogP contribution is 2.72. The molecule has 7 saturated carbocycles. The predicted octanol–water partition coefficient (Wildman–Crippen LogP) is 3.31. The standard InChI is InChI=1S/C38H43N5O7/c1-19-21-6-3-4-8-31(21)50-33(19)36(48)40-28(9-10-30(44)35(47)39-2)34(46)41-29-7-5-11-43(37(29)49)18-32(45)42-38-15-25-22-12-20-13-23(25)27(17-38)24(14-20)26(22)16-38/h3-8,11,20,22-28H,9-10,12-18H2,1-2H3,(H,39,47)(H,40,48)(H,41,46)(H,42,45)/t20?,22?,23?,24?,25?,26?,27?,28-,38?/m0/s1. The summed E-state index contributed by atoms with van der Waals surface area (Å²) in [5.74, 6) is 2.27. The van der Waals surface area contributed by atoms with Crippen molar-refractivity contribution in [2.75, 3.05) is 12.4 Å². The van der Waals surface area contributed by atoms with Crippen LogP contribution in [0.1, 0.15) is 67.5 Å². The maximum Gasteiger partial charge on any atom is 0.287 e. The van der Waals surface area contributed by atoms with Crippen molar-refractivity contribution in [2.45, 2.75) is 76.4 Å². The molecule has 8 bridgehead atoms. The Kier molecular flexibility index (Phi) is 7.95. The highest BCUT2D eigenvalue weighted by atomic mass is 16.3. The number of nitrogens with zero attached hydrogens (tertiary/aromatic N) is 1. The van der Waals surface area contributed by atoms with E-state index in [2.05, 4.69) is 21.3 Å². The first kappa shape index (κ1) is 32.5. The Morgan fingerprint density at radius 2 is 1.58 bits per heavy atom.